The highest BCUT2D eigenvalue weighted by atomic mass is 16.5. The third-order valence-electron chi connectivity index (χ3n) is 2.69. The second kappa shape index (κ2) is 5.50. The third kappa shape index (κ3) is 2.78. The highest BCUT2D eigenvalue weighted by molar-refractivity contribution is 5.96. The lowest BCUT2D eigenvalue weighted by Gasteiger charge is -2.21. The molecule has 0 saturated heterocycles. The molecule has 0 saturated carbocycles. The van der Waals surface area contributed by atoms with E-state index in [1.807, 2.05) is 24.3 Å². The van der Waals surface area contributed by atoms with Gasteiger partial charge in [-0.15, -0.1) is 0 Å². The van der Waals surface area contributed by atoms with E-state index >= 15 is 0 Å². The van der Waals surface area contributed by atoms with Crippen LogP contribution in [0, 0.1) is 0 Å². The van der Waals surface area contributed by atoms with Crippen LogP contribution in [0.15, 0.2) is 24.3 Å². The summed E-state index contributed by atoms with van der Waals surface area (Å²) in [6.07, 6.45) is -1.21. The van der Waals surface area contributed by atoms with Crippen molar-refractivity contribution in [1.82, 2.24) is 5.32 Å². The van der Waals surface area contributed by atoms with Crippen LogP contribution >= 0.6 is 0 Å². The molecule has 0 unspecified atom stereocenters. The van der Waals surface area contributed by atoms with Crippen LogP contribution in [-0.4, -0.2) is 36.8 Å². The number of nitrogens with zero attached hydrogens (tertiary/aromatic N) is 1. The maximum absolute atomic E-state index is 12.0. The fourth-order valence-electron chi connectivity index (χ4n) is 1.86. The Balaban J connectivity index is 2.17. The first-order chi connectivity index (χ1) is 8.68. The van der Waals surface area contributed by atoms with Crippen molar-refractivity contribution in [3.63, 3.8) is 0 Å². The third-order valence-corrected chi connectivity index (χ3v) is 2.69. The SMILES string of the molecule is O=C(O)NCC(=O)N1CCOCc2ccccc21. The maximum atomic E-state index is 12.0. The molecule has 0 fully saturated rings. The standard InChI is InChI=1S/C12H14N2O4/c15-11(7-13-12(16)17)14-5-6-18-8-9-3-1-2-4-10(9)14/h1-4,13H,5-8H2,(H,16,17). The van der Waals surface area contributed by atoms with Crippen molar-refractivity contribution in [2.24, 2.45) is 0 Å². The number of hydrogen-bond acceptors (Lipinski definition) is 3. The molecule has 0 radical (unpaired) electrons. The van der Waals surface area contributed by atoms with Crippen LogP contribution in [0.4, 0.5) is 10.5 Å². The number of carbonyl (C=O) groups excluding carboxylic acids is 1. The van der Waals surface area contributed by atoms with E-state index in [4.69, 9.17) is 9.84 Å². The number of carboxylic acid groups (broad SMARTS) is 1. The number of carbonyl (C=O) groups is 2. The van der Waals surface area contributed by atoms with Gasteiger partial charge in [0.1, 0.15) is 6.54 Å². The lowest BCUT2D eigenvalue weighted by atomic mass is 10.1. The number of rotatable bonds is 2. The lowest BCUT2D eigenvalue weighted by molar-refractivity contribution is -0.117. The molecular formula is C12H14N2O4. The molecule has 1 heterocycles. The Labute approximate surface area is 104 Å². The largest absolute Gasteiger partial charge is 0.465 e. The van der Waals surface area contributed by atoms with Gasteiger partial charge in [0, 0.05) is 17.8 Å². The summed E-state index contributed by atoms with van der Waals surface area (Å²) in [6, 6.07) is 7.45. The molecule has 1 aliphatic rings. The molecule has 0 atom stereocenters. The fraction of sp³-hybridized carbons (Fsp3) is 0.333. The molecule has 6 heteroatoms. The molecule has 2 amide bonds. The maximum Gasteiger partial charge on any atom is 0.405 e. The lowest BCUT2D eigenvalue weighted by Crippen LogP contribution is -2.41. The van der Waals surface area contributed by atoms with Gasteiger partial charge in [-0.2, -0.15) is 0 Å². The second-order valence-electron chi connectivity index (χ2n) is 3.89. The van der Waals surface area contributed by atoms with E-state index in [-0.39, 0.29) is 12.5 Å². The van der Waals surface area contributed by atoms with E-state index in [9.17, 15) is 9.59 Å². The average molecular weight is 250 g/mol. The highest BCUT2D eigenvalue weighted by Crippen LogP contribution is 2.23. The number of hydrogen-bond donors (Lipinski definition) is 2. The van der Waals surface area contributed by atoms with Crippen molar-refractivity contribution in [2.45, 2.75) is 6.61 Å². The van der Waals surface area contributed by atoms with Crippen molar-refractivity contribution < 1.29 is 19.4 Å². The summed E-state index contributed by atoms with van der Waals surface area (Å²) in [5.74, 6) is -0.282. The topological polar surface area (TPSA) is 78.9 Å². The quantitative estimate of drug-likeness (QED) is 0.814. The molecule has 2 N–H and O–H groups in total. The number of amides is 2. The first-order valence-electron chi connectivity index (χ1n) is 5.61. The van der Waals surface area contributed by atoms with Crippen molar-refractivity contribution in [3.8, 4) is 0 Å². The molecule has 0 aliphatic carbocycles. The van der Waals surface area contributed by atoms with Crippen LogP contribution in [0.3, 0.4) is 0 Å². The predicted octanol–water partition coefficient (Wildman–Crippen LogP) is 0.817. The van der Waals surface area contributed by atoms with Crippen LogP contribution in [0.25, 0.3) is 0 Å². The molecule has 6 nitrogen and oxygen atoms in total. The zero-order valence-corrected chi connectivity index (χ0v) is 9.76. The number of ether oxygens (including phenoxy) is 1. The van der Waals surface area contributed by atoms with Crippen LogP contribution in [0.5, 0.6) is 0 Å². The minimum absolute atomic E-state index is 0.232. The Morgan fingerprint density at radius 3 is 2.94 bits per heavy atom. The van der Waals surface area contributed by atoms with Gasteiger partial charge in [-0.25, -0.2) is 4.79 Å². The van der Waals surface area contributed by atoms with E-state index in [2.05, 4.69) is 5.32 Å². The van der Waals surface area contributed by atoms with Gasteiger partial charge in [-0.1, -0.05) is 18.2 Å². The number of nitrogens with one attached hydrogen (secondary N) is 1. The van der Waals surface area contributed by atoms with Crippen LogP contribution in [0.1, 0.15) is 5.56 Å². The smallest absolute Gasteiger partial charge is 0.405 e. The molecule has 0 spiro atoms. The van der Waals surface area contributed by atoms with Crippen molar-refractivity contribution in [2.75, 3.05) is 24.6 Å². The molecule has 18 heavy (non-hydrogen) atoms. The highest BCUT2D eigenvalue weighted by Gasteiger charge is 2.21. The van der Waals surface area contributed by atoms with Crippen molar-refractivity contribution in [1.29, 1.82) is 0 Å². The van der Waals surface area contributed by atoms with Crippen LogP contribution in [0.2, 0.25) is 0 Å². The van der Waals surface area contributed by atoms with Crippen LogP contribution < -0.4 is 10.2 Å². The second-order valence-corrected chi connectivity index (χ2v) is 3.89. The zero-order chi connectivity index (χ0) is 13.0. The van der Waals surface area contributed by atoms with Gasteiger partial charge in [0.15, 0.2) is 0 Å². The summed E-state index contributed by atoms with van der Waals surface area (Å²) in [6.45, 7) is 1.10. The summed E-state index contributed by atoms with van der Waals surface area (Å²) in [4.78, 5) is 23.9. The van der Waals surface area contributed by atoms with Gasteiger partial charge in [0.25, 0.3) is 0 Å². The summed E-state index contributed by atoms with van der Waals surface area (Å²) in [5.41, 5.74) is 1.71. The number of fused-ring (bicyclic) bond motifs is 1. The van der Waals surface area contributed by atoms with E-state index < -0.39 is 6.09 Å². The van der Waals surface area contributed by atoms with Gasteiger partial charge in [-0.05, 0) is 6.07 Å². The fourth-order valence-corrected chi connectivity index (χ4v) is 1.86. The summed E-state index contributed by atoms with van der Waals surface area (Å²) in [5, 5.41) is 10.6. The Morgan fingerprint density at radius 1 is 1.39 bits per heavy atom. The van der Waals surface area contributed by atoms with E-state index in [0.717, 1.165) is 11.3 Å². The molecule has 0 bridgehead atoms. The van der Waals surface area contributed by atoms with Gasteiger partial charge in [0.05, 0.1) is 13.2 Å². The Morgan fingerprint density at radius 2 is 2.17 bits per heavy atom. The van der Waals surface area contributed by atoms with E-state index in [1.54, 1.807) is 4.90 Å². The summed E-state index contributed by atoms with van der Waals surface area (Å²) < 4.78 is 5.40. The number of anilines is 1. The minimum atomic E-state index is -1.21. The first kappa shape index (κ1) is 12.4. The molecular weight excluding hydrogens is 236 g/mol. The van der Waals surface area contributed by atoms with Crippen LogP contribution in [-0.2, 0) is 16.1 Å². The normalized spacial score (nSPS) is 14.6. The number of benzene rings is 1. The van der Waals surface area contributed by atoms with E-state index in [0.29, 0.717) is 19.8 Å². The van der Waals surface area contributed by atoms with E-state index in [1.165, 1.54) is 0 Å². The monoisotopic (exact) mass is 250 g/mol. The Kier molecular flexibility index (Phi) is 3.78. The van der Waals surface area contributed by atoms with Gasteiger partial charge in [-0.3, -0.25) is 4.79 Å². The number of para-hydroxylation sites is 1. The molecule has 2 rings (SSSR count). The Hall–Kier alpha value is -2.08. The zero-order valence-electron chi connectivity index (χ0n) is 9.76. The van der Waals surface area contributed by atoms with Gasteiger partial charge >= 0.3 is 6.09 Å². The van der Waals surface area contributed by atoms with Crippen molar-refractivity contribution in [3.05, 3.63) is 29.8 Å². The van der Waals surface area contributed by atoms with Crippen molar-refractivity contribution >= 4 is 17.7 Å². The molecule has 1 aromatic carbocycles. The first-order valence-corrected chi connectivity index (χ1v) is 5.61. The average Bonchev–Trinajstić information content (AvgIpc) is 2.58. The molecule has 1 aliphatic heterocycles. The summed E-state index contributed by atoms with van der Waals surface area (Å²) >= 11 is 0. The summed E-state index contributed by atoms with van der Waals surface area (Å²) in [7, 11) is 0. The molecule has 96 valence electrons. The predicted molar refractivity (Wildman–Crippen MR) is 64.5 cm³/mol. The molecule has 1 aromatic rings. The minimum Gasteiger partial charge on any atom is -0.465 e. The Bertz CT molecular complexity index is 461. The van der Waals surface area contributed by atoms with Gasteiger partial charge < -0.3 is 20.1 Å². The molecule has 0 aromatic heterocycles. The van der Waals surface area contributed by atoms with Gasteiger partial charge in [0.2, 0.25) is 5.91 Å².